The van der Waals surface area contributed by atoms with Gasteiger partial charge in [-0.15, -0.1) is 0 Å². The third-order valence-electron chi connectivity index (χ3n) is 4.96. The Morgan fingerprint density at radius 1 is 1.06 bits per heavy atom. The third kappa shape index (κ3) is 5.01. The Morgan fingerprint density at radius 2 is 1.81 bits per heavy atom. The minimum Gasteiger partial charge on any atom is -0.348 e. The van der Waals surface area contributed by atoms with E-state index in [0.717, 1.165) is 21.7 Å². The fraction of sp³-hybridized carbons (Fsp3) is 0.120. The van der Waals surface area contributed by atoms with E-state index in [1.165, 1.54) is 16.7 Å². The number of rotatable bonds is 5. The highest BCUT2D eigenvalue weighted by Crippen LogP contribution is 2.42. The quantitative estimate of drug-likeness (QED) is 0.509. The molecule has 6 heteroatoms. The van der Waals surface area contributed by atoms with Crippen molar-refractivity contribution in [1.82, 2.24) is 5.32 Å². The topological polar surface area (TPSA) is 49.4 Å². The highest BCUT2D eigenvalue weighted by atomic mass is 35.5. The summed E-state index contributed by atoms with van der Waals surface area (Å²) in [7, 11) is 0. The molecule has 156 valence electrons. The predicted molar refractivity (Wildman–Crippen MR) is 127 cm³/mol. The Morgan fingerprint density at radius 3 is 2.58 bits per heavy atom. The summed E-state index contributed by atoms with van der Waals surface area (Å²) in [6.45, 7) is 1.87. The molecule has 0 radical (unpaired) electrons. The minimum atomic E-state index is -0.214. The molecule has 0 saturated heterocycles. The maximum absolute atomic E-state index is 13.3. The van der Waals surface area contributed by atoms with Crippen molar-refractivity contribution in [2.75, 3.05) is 11.4 Å². The number of thioether (sulfide) groups is 1. The second-order valence-electron chi connectivity index (χ2n) is 7.22. The van der Waals surface area contributed by atoms with Crippen LogP contribution >= 0.6 is 23.4 Å². The van der Waals surface area contributed by atoms with Crippen LogP contribution in [-0.4, -0.2) is 18.4 Å². The highest BCUT2D eigenvalue weighted by molar-refractivity contribution is 8.04. The molecule has 1 aliphatic rings. The van der Waals surface area contributed by atoms with Crippen molar-refractivity contribution >= 4 is 46.9 Å². The van der Waals surface area contributed by atoms with E-state index in [1.54, 1.807) is 6.07 Å². The molecule has 4 rings (SSSR count). The first-order valence-corrected chi connectivity index (χ1v) is 11.1. The largest absolute Gasteiger partial charge is 0.348 e. The minimum absolute atomic E-state index is 0.0551. The summed E-state index contributed by atoms with van der Waals surface area (Å²) in [6.07, 6.45) is 1.81. The van der Waals surface area contributed by atoms with E-state index in [-0.39, 0.29) is 24.4 Å². The summed E-state index contributed by atoms with van der Waals surface area (Å²) in [5, 5.41) is 3.60. The Kier molecular flexibility index (Phi) is 6.44. The highest BCUT2D eigenvalue weighted by Gasteiger charge is 2.30. The van der Waals surface area contributed by atoms with E-state index >= 15 is 0 Å². The van der Waals surface area contributed by atoms with Gasteiger partial charge in [-0.05, 0) is 48.4 Å². The average Bonchev–Trinajstić information content (AvgIpc) is 2.77. The van der Waals surface area contributed by atoms with Crippen molar-refractivity contribution in [3.8, 4) is 0 Å². The Balaban J connectivity index is 1.58. The lowest BCUT2D eigenvalue weighted by atomic mass is 10.1. The van der Waals surface area contributed by atoms with E-state index in [0.29, 0.717) is 9.93 Å². The summed E-state index contributed by atoms with van der Waals surface area (Å²) in [6, 6.07) is 24.5. The number of hydrogen-bond donors (Lipinski definition) is 1. The van der Waals surface area contributed by atoms with E-state index in [9.17, 15) is 9.59 Å². The van der Waals surface area contributed by atoms with Crippen molar-refractivity contribution in [2.24, 2.45) is 0 Å². The van der Waals surface area contributed by atoms with Crippen LogP contribution in [-0.2, 0) is 9.59 Å². The summed E-state index contributed by atoms with van der Waals surface area (Å²) < 4.78 is 0. The van der Waals surface area contributed by atoms with Gasteiger partial charge < -0.3 is 5.32 Å². The van der Waals surface area contributed by atoms with Gasteiger partial charge in [-0.1, -0.05) is 78.0 Å². The lowest BCUT2D eigenvalue weighted by molar-refractivity contribution is -0.122. The van der Waals surface area contributed by atoms with Crippen LogP contribution in [0.2, 0.25) is 5.02 Å². The molecule has 0 saturated carbocycles. The van der Waals surface area contributed by atoms with Crippen LogP contribution in [0.1, 0.15) is 24.1 Å². The van der Waals surface area contributed by atoms with Crippen molar-refractivity contribution in [1.29, 1.82) is 0 Å². The van der Waals surface area contributed by atoms with E-state index in [1.807, 2.05) is 85.8 Å². The van der Waals surface area contributed by atoms with Gasteiger partial charge in [0.25, 0.3) is 5.91 Å². The van der Waals surface area contributed by atoms with Crippen molar-refractivity contribution in [2.45, 2.75) is 17.9 Å². The van der Waals surface area contributed by atoms with Gasteiger partial charge in [-0.25, -0.2) is 0 Å². The standard InChI is InChI=1S/C25H21ClN2O2S/c1-17(19-9-3-2-4-10-19)27-24(29)16-28-21-12-5-6-13-22(21)31-23(25(28)30)15-18-8-7-11-20(26)14-18/h2-15,17H,16H2,1H3,(H,27,29)/b23-15+/t17-/m1/s1. The number of para-hydroxylation sites is 1. The Bertz CT molecular complexity index is 1150. The Labute approximate surface area is 190 Å². The van der Waals surface area contributed by atoms with Crippen molar-refractivity contribution in [3.05, 3.63) is 99.9 Å². The van der Waals surface area contributed by atoms with Crippen LogP contribution < -0.4 is 10.2 Å². The lowest BCUT2D eigenvalue weighted by Gasteiger charge is -2.30. The van der Waals surface area contributed by atoms with Crippen LogP contribution in [0.4, 0.5) is 5.69 Å². The molecule has 0 bridgehead atoms. The molecule has 31 heavy (non-hydrogen) atoms. The van der Waals surface area contributed by atoms with Gasteiger partial charge >= 0.3 is 0 Å². The number of nitrogens with one attached hydrogen (secondary N) is 1. The van der Waals surface area contributed by atoms with E-state index < -0.39 is 0 Å². The second-order valence-corrected chi connectivity index (χ2v) is 8.74. The first-order valence-electron chi connectivity index (χ1n) is 9.91. The summed E-state index contributed by atoms with van der Waals surface area (Å²) >= 11 is 7.49. The zero-order valence-electron chi connectivity index (χ0n) is 16.9. The van der Waals surface area contributed by atoms with Gasteiger partial charge in [0, 0.05) is 9.92 Å². The molecule has 3 aromatic rings. The molecule has 0 aromatic heterocycles. The zero-order valence-corrected chi connectivity index (χ0v) is 18.5. The molecule has 1 aliphatic heterocycles. The van der Waals surface area contributed by atoms with E-state index in [4.69, 9.17) is 11.6 Å². The van der Waals surface area contributed by atoms with Gasteiger partial charge in [-0.3, -0.25) is 14.5 Å². The summed E-state index contributed by atoms with van der Waals surface area (Å²) in [4.78, 5) is 29.1. The number of nitrogens with zero attached hydrogens (tertiary/aromatic N) is 1. The smallest absolute Gasteiger partial charge is 0.265 e. The fourth-order valence-corrected chi connectivity index (χ4v) is 4.68. The average molecular weight is 449 g/mol. The number of anilines is 1. The maximum Gasteiger partial charge on any atom is 0.265 e. The zero-order chi connectivity index (χ0) is 21.8. The monoisotopic (exact) mass is 448 g/mol. The van der Waals surface area contributed by atoms with Gasteiger partial charge in [0.15, 0.2) is 0 Å². The van der Waals surface area contributed by atoms with Crippen LogP contribution in [0.5, 0.6) is 0 Å². The number of benzene rings is 3. The first kappa shape index (κ1) is 21.2. The van der Waals surface area contributed by atoms with Gasteiger partial charge in [0.05, 0.1) is 16.6 Å². The number of halogens is 1. The molecule has 2 amide bonds. The molecule has 1 atom stereocenters. The molecule has 0 spiro atoms. The molecule has 0 fully saturated rings. The normalized spacial score (nSPS) is 15.5. The molecule has 4 nitrogen and oxygen atoms in total. The van der Waals surface area contributed by atoms with Crippen molar-refractivity contribution < 1.29 is 9.59 Å². The van der Waals surface area contributed by atoms with Crippen LogP contribution in [0.3, 0.4) is 0 Å². The number of carbonyl (C=O) groups is 2. The van der Waals surface area contributed by atoms with Gasteiger partial charge in [0.2, 0.25) is 5.91 Å². The molecule has 3 aromatic carbocycles. The molecule has 0 unspecified atom stereocenters. The Hall–Kier alpha value is -3.02. The number of hydrogen-bond acceptors (Lipinski definition) is 3. The number of amides is 2. The lowest BCUT2D eigenvalue weighted by Crippen LogP contribution is -2.43. The number of fused-ring (bicyclic) bond motifs is 1. The third-order valence-corrected chi connectivity index (χ3v) is 6.27. The van der Waals surface area contributed by atoms with Crippen molar-refractivity contribution in [3.63, 3.8) is 0 Å². The van der Waals surface area contributed by atoms with Gasteiger partial charge in [0.1, 0.15) is 6.54 Å². The SMILES string of the molecule is C[C@@H](NC(=O)CN1C(=O)/C(=C\c2cccc(Cl)c2)Sc2ccccc21)c1ccccc1. The van der Waals surface area contributed by atoms with Crippen LogP contribution in [0, 0.1) is 0 Å². The number of carbonyl (C=O) groups excluding carboxylic acids is 2. The predicted octanol–water partition coefficient (Wildman–Crippen LogP) is 5.70. The molecule has 1 N–H and O–H groups in total. The molecule has 1 heterocycles. The first-order chi connectivity index (χ1) is 15.0. The van der Waals surface area contributed by atoms with E-state index in [2.05, 4.69) is 5.32 Å². The van der Waals surface area contributed by atoms with Crippen LogP contribution in [0.25, 0.3) is 6.08 Å². The maximum atomic E-state index is 13.3. The van der Waals surface area contributed by atoms with Gasteiger partial charge in [-0.2, -0.15) is 0 Å². The second kappa shape index (κ2) is 9.41. The van der Waals surface area contributed by atoms with Crippen LogP contribution in [0.15, 0.2) is 88.7 Å². The molecular weight excluding hydrogens is 428 g/mol. The molecular formula is C25H21ClN2O2S. The summed E-state index contributed by atoms with van der Waals surface area (Å²) in [5.74, 6) is -0.417. The fourth-order valence-electron chi connectivity index (χ4n) is 3.42. The molecule has 0 aliphatic carbocycles. The summed E-state index contributed by atoms with van der Waals surface area (Å²) in [5.41, 5.74) is 2.59.